The van der Waals surface area contributed by atoms with Crippen LogP contribution in [0.3, 0.4) is 0 Å². The molecule has 0 saturated heterocycles. The highest BCUT2D eigenvalue weighted by Crippen LogP contribution is 2.38. The van der Waals surface area contributed by atoms with E-state index in [-0.39, 0.29) is 13.2 Å². The van der Waals surface area contributed by atoms with Crippen LogP contribution >= 0.6 is 11.6 Å². The quantitative estimate of drug-likeness (QED) is 0.364. The molecular weight excluding hydrogens is 442 g/mol. The fourth-order valence-corrected chi connectivity index (χ4v) is 4.56. The Morgan fingerprint density at radius 3 is 2.61 bits per heavy atom. The Kier molecular flexibility index (Phi) is 5.54. The molecule has 1 aliphatic rings. The second-order valence-electron chi connectivity index (χ2n) is 7.95. The maximum absolute atomic E-state index is 13.0. The number of hydrogen-bond donors (Lipinski definition) is 3. The van der Waals surface area contributed by atoms with Gasteiger partial charge in [0.1, 0.15) is 0 Å². The van der Waals surface area contributed by atoms with E-state index in [2.05, 4.69) is 10.3 Å². The van der Waals surface area contributed by atoms with Crippen LogP contribution in [0.1, 0.15) is 18.1 Å². The third-order valence-electron chi connectivity index (χ3n) is 5.83. The van der Waals surface area contributed by atoms with Crippen molar-refractivity contribution in [3.05, 3.63) is 71.0 Å². The van der Waals surface area contributed by atoms with Crippen molar-refractivity contribution in [2.45, 2.75) is 19.6 Å². The largest absolute Gasteiger partial charge is 0.389 e. The first-order valence-electron chi connectivity index (χ1n) is 10.7. The van der Waals surface area contributed by atoms with Crippen LogP contribution < -0.4 is 5.32 Å². The standard InChI is InChI=1S/C25H22ClN3O4/c1-2-33-13-15(30)11-29-12-19(17-8-7-14(26)9-21(17)29)23-22(24(31)28-25(23)32)18-10-27-20-6-4-3-5-16(18)20/h3-10,12,15,27,30H,2,11,13H2,1H3,(H,28,31,32). The Bertz CT molecular complexity index is 1430. The summed E-state index contributed by atoms with van der Waals surface area (Å²) in [5, 5.41) is 15.0. The number of para-hydroxylation sites is 1. The molecular formula is C25H22ClN3O4. The zero-order valence-corrected chi connectivity index (χ0v) is 18.6. The van der Waals surface area contributed by atoms with E-state index in [0.29, 0.717) is 33.9 Å². The van der Waals surface area contributed by atoms with Gasteiger partial charge >= 0.3 is 0 Å². The van der Waals surface area contributed by atoms with Crippen LogP contribution in [-0.2, 0) is 20.9 Å². The first-order chi connectivity index (χ1) is 16.0. The third kappa shape index (κ3) is 3.74. The molecule has 0 radical (unpaired) electrons. The zero-order valence-electron chi connectivity index (χ0n) is 17.9. The van der Waals surface area contributed by atoms with Crippen molar-refractivity contribution in [1.29, 1.82) is 0 Å². The number of ether oxygens (including phenoxy) is 1. The molecule has 3 heterocycles. The maximum Gasteiger partial charge on any atom is 0.259 e. The van der Waals surface area contributed by atoms with Crippen molar-refractivity contribution in [3.8, 4) is 0 Å². The van der Waals surface area contributed by atoms with Crippen molar-refractivity contribution >= 4 is 56.4 Å². The van der Waals surface area contributed by atoms with Gasteiger partial charge in [0.15, 0.2) is 0 Å². The van der Waals surface area contributed by atoms with Gasteiger partial charge in [-0.25, -0.2) is 0 Å². The van der Waals surface area contributed by atoms with Gasteiger partial charge in [-0.3, -0.25) is 14.9 Å². The minimum Gasteiger partial charge on any atom is -0.389 e. The fourth-order valence-electron chi connectivity index (χ4n) is 4.40. The monoisotopic (exact) mass is 463 g/mol. The summed E-state index contributed by atoms with van der Waals surface area (Å²) in [5.41, 5.74) is 3.52. The molecule has 1 atom stereocenters. The molecule has 2 aromatic carbocycles. The minimum atomic E-state index is -0.742. The number of imide groups is 1. The summed E-state index contributed by atoms with van der Waals surface area (Å²) in [6.45, 7) is 2.81. The SMILES string of the molecule is CCOCC(O)Cn1cc(C2=C(c3c[nH]c4ccccc34)C(=O)NC2=O)c2ccc(Cl)cc21. The Morgan fingerprint density at radius 1 is 1.06 bits per heavy atom. The van der Waals surface area contributed by atoms with Crippen molar-refractivity contribution in [2.24, 2.45) is 0 Å². The lowest BCUT2D eigenvalue weighted by molar-refractivity contribution is -0.122. The highest BCUT2D eigenvalue weighted by Gasteiger charge is 2.35. The summed E-state index contributed by atoms with van der Waals surface area (Å²) in [6, 6.07) is 13.0. The molecule has 8 heteroatoms. The van der Waals surface area contributed by atoms with E-state index in [1.165, 1.54) is 0 Å². The number of nitrogens with zero attached hydrogens (tertiary/aromatic N) is 1. The van der Waals surface area contributed by atoms with Crippen LogP contribution in [0, 0.1) is 0 Å². The predicted molar refractivity (Wildman–Crippen MR) is 128 cm³/mol. The molecule has 0 spiro atoms. The first kappa shape index (κ1) is 21.5. The van der Waals surface area contributed by atoms with Crippen molar-refractivity contribution in [2.75, 3.05) is 13.2 Å². The number of carbonyl (C=O) groups excluding carboxylic acids is 2. The van der Waals surface area contributed by atoms with E-state index < -0.39 is 17.9 Å². The van der Waals surface area contributed by atoms with Gasteiger partial charge < -0.3 is 19.4 Å². The fraction of sp³-hybridized carbons (Fsp3) is 0.200. The average molecular weight is 464 g/mol. The number of halogens is 1. The lowest BCUT2D eigenvalue weighted by atomic mass is 9.95. The Morgan fingerprint density at radius 2 is 1.82 bits per heavy atom. The van der Waals surface area contributed by atoms with Gasteiger partial charge in [0.25, 0.3) is 11.8 Å². The molecule has 0 saturated carbocycles. The van der Waals surface area contributed by atoms with E-state index in [1.54, 1.807) is 24.5 Å². The molecule has 1 aliphatic heterocycles. The summed E-state index contributed by atoms with van der Waals surface area (Å²) < 4.78 is 7.18. The average Bonchev–Trinajstić information content (AvgIpc) is 3.45. The lowest BCUT2D eigenvalue weighted by Crippen LogP contribution is -2.22. The second-order valence-corrected chi connectivity index (χ2v) is 8.39. The van der Waals surface area contributed by atoms with E-state index in [0.717, 1.165) is 21.8 Å². The number of benzene rings is 2. The van der Waals surface area contributed by atoms with E-state index >= 15 is 0 Å². The highest BCUT2D eigenvalue weighted by molar-refractivity contribution is 6.50. The second kappa shape index (κ2) is 8.51. The molecule has 33 heavy (non-hydrogen) atoms. The number of aliphatic hydroxyl groups is 1. The predicted octanol–water partition coefficient (Wildman–Crippen LogP) is 3.74. The maximum atomic E-state index is 13.0. The van der Waals surface area contributed by atoms with Crippen LogP contribution in [0.5, 0.6) is 0 Å². The topological polar surface area (TPSA) is 96.3 Å². The van der Waals surface area contributed by atoms with Crippen LogP contribution in [0.2, 0.25) is 5.02 Å². The molecule has 0 aliphatic carbocycles. The first-order valence-corrected chi connectivity index (χ1v) is 11.1. The summed E-state index contributed by atoms with van der Waals surface area (Å²) in [6.07, 6.45) is 2.80. The Balaban J connectivity index is 1.71. The number of nitrogens with one attached hydrogen (secondary N) is 2. The molecule has 2 aromatic heterocycles. The molecule has 7 nitrogen and oxygen atoms in total. The van der Waals surface area contributed by atoms with E-state index in [1.807, 2.05) is 41.8 Å². The van der Waals surface area contributed by atoms with Crippen molar-refractivity contribution < 1.29 is 19.4 Å². The van der Waals surface area contributed by atoms with Crippen LogP contribution in [0.25, 0.3) is 33.0 Å². The summed E-state index contributed by atoms with van der Waals surface area (Å²) in [5.74, 6) is -0.893. The van der Waals surface area contributed by atoms with Gasteiger partial charge in [-0.05, 0) is 25.1 Å². The summed E-state index contributed by atoms with van der Waals surface area (Å²) in [4.78, 5) is 29.1. The summed E-state index contributed by atoms with van der Waals surface area (Å²) >= 11 is 6.26. The number of aromatic nitrogens is 2. The molecule has 168 valence electrons. The Hall–Kier alpha value is -3.39. The molecule has 1 unspecified atom stereocenters. The highest BCUT2D eigenvalue weighted by atomic mass is 35.5. The number of rotatable bonds is 7. The molecule has 4 aromatic rings. The number of hydrogen-bond acceptors (Lipinski definition) is 4. The molecule has 0 fully saturated rings. The lowest BCUT2D eigenvalue weighted by Gasteiger charge is -2.12. The van der Waals surface area contributed by atoms with Gasteiger partial charge in [-0.2, -0.15) is 0 Å². The van der Waals surface area contributed by atoms with Gasteiger partial charge in [0.05, 0.1) is 35.9 Å². The van der Waals surface area contributed by atoms with Crippen molar-refractivity contribution in [3.63, 3.8) is 0 Å². The van der Waals surface area contributed by atoms with Gasteiger partial charge in [-0.15, -0.1) is 0 Å². The van der Waals surface area contributed by atoms with Gasteiger partial charge in [-0.1, -0.05) is 35.9 Å². The number of fused-ring (bicyclic) bond motifs is 2. The zero-order chi connectivity index (χ0) is 23.1. The number of carbonyl (C=O) groups is 2. The van der Waals surface area contributed by atoms with E-state index in [4.69, 9.17) is 16.3 Å². The minimum absolute atomic E-state index is 0.189. The normalized spacial score (nSPS) is 15.1. The summed E-state index contributed by atoms with van der Waals surface area (Å²) in [7, 11) is 0. The van der Waals surface area contributed by atoms with Crippen molar-refractivity contribution in [1.82, 2.24) is 14.9 Å². The van der Waals surface area contributed by atoms with Crippen LogP contribution in [-0.4, -0.2) is 45.8 Å². The number of aromatic amines is 1. The van der Waals surface area contributed by atoms with Crippen LogP contribution in [0.4, 0.5) is 0 Å². The molecule has 5 rings (SSSR count). The van der Waals surface area contributed by atoms with E-state index in [9.17, 15) is 14.7 Å². The van der Waals surface area contributed by atoms with Crippen LogP contribution in [0.15, 0.2) is 54.9 Å². The Labute approximate surface area is 194 Å². The smallest absolute Gasteiger partial charge is 0.259 e. The third-order valence-corrected chi connectivity index (χ3v) is 6.06. The number of aliphatic hydroxyl groups excluding tert-OH is 1. The van der Waals surface area contributed by atoms with Gasteiger partial charge in [0, 0.05) is 51.4 Å². The number of H-pyrrole nitrogens is 1. The molecule has 0 bridgehead atoms. The molecule has 3 N–H and O–H groups in total. The number of amides is 2. The molecule has 2 amide bonds. The van der Waals surface area contributed by atoms with Gasteiger partial charge in [0.2, 0.25) is 0 Å².